The molecule has 0 aliphatic rings. The average Bonchev–Trinajstić information content (AvgIpc) is 2.61. The van der Waals surface area contributed by atoms with E-state index >= 15 is 0 Å². The molecule has 1 N–H and O–H groups in total. The first-order valence-electron chi connectivity index (χ1n) is 8.00. The molecule has 0 saturated heterocycles. The van der Waals surface area contributed by atoms with Crippen LogP contribution in [-0.2, 0) is 0 Å². The molecule has 5 nitrogen and oxygen atoms in total. The van der Waals surface area contributed by atoms with Crippen LogP contribution in [0.4, 0.5) is 0 Å². The van der Waals surface area contributed by atoms with Crippen LogP contribution in [-0.4, -0.2) is 19.9 Å². The lowest BCUT2D eigenvalue weighted by atomic mass is 9.98. The van der Waals surface area contributed by atoms with Crippen LogP contribution in [0.15, 0.2) is 59.8 Å². The number of pyridine rings is 4. The fourth-order valence-corrected chi connectivity index (χ4v) is 3.04. The van der Waals surface area contributed by atoms with Crippen LogP contribution < -0.4 is 5.43 Å². The smallest absolute Gasteiger partial charge is 0.191 e. The molecule has 5 heteroatoms. The quantitative estimate of drug-likeness (QED) is 0.609. The first-order valence-corrected chi connectivity index (χ1v) is 8.00. The zero-order valence-electron chi connectivity index (χ0n) is 13.9. The highest BCUT2D eigenvalue weighted by Gasteiger charge is 2.14. The highest BCUT2D eigenvalue weighted by atomic mass is 16.1. The van der Waals surface area contributed by atoms with E-state index in [4.69, 9.17) is 4.98 Å². The molecule has 4 aromatic rings. The predicted octanol–water partition coefficient (Wildman–Crippen LogP) is 3.66. The summed E-state index contributed by atoms with van der Waals surface area (Å²) in [6.45, 7) is 3.92. The zero-order chi connectivity index (χ0) is 17.4. The number of fused-ring (bicyclic) bond motifs is 1. The van der Waals surface area contributed by atoms with E-state index in [-0.39, 0.29) is 5.43 Å². The van der Waals surface area contributed by atoms with E-state index in [2.05, 4.69) is 15.0 Å². The number of hydrogen-bond donors (Lipinski definition) is 1. The summed E-state index contributed by atoms with van der Waals surface area (Å²) in [5.41, 5.74) is 6.04. The van der Waals surface area contributed by atoms with Crippen LogP contribution in [0.3, 0.4) is 0 Å². The van der Waals surface area contributed by atoms with Gasteiger partial charge in [-0.2, -0.15) is 0 Å². The SMILES string of the molecule is Cc1cc(-c2cc3c(=O)cc[nH]c3nc2-c2ccncc2)cc(C)n1. The summed E-state index contributed by atoms with van der Waals surface area (Å²) in [7, 11) is 0. The van der Waals surface area contributed by atoms with Crippen molar-refractivity contribution in [1.29, 1.82) is 0 Å². The molecule has 0 amide bonds. The number of rotatable bonds is 2. The Balaban J connectivity index is 2.10. The molecule has 0 bridgehead atoms. The molecule has 0 atom stereocenters. The summed E-state index contributed by atoms with van der Waals surface area (Å²) in [5, 5.41) is 0.572. The maximum Gasteiger partial charge on any atom is 0.191 e. The van der Waals surface area contributed by atoms with E-state index in [1.165, 1.54) is 6.07 Å². The molecule has 0 spiro atoms. The second-order valence-corrected chi connectivity index (χ2v) is 6.00. The summed E-state index contributed by atoms with van der Waals surface area (Å²) in [6.07, 6.45) is 5.10. The van der Waals surface area contributed by atoms with Crippen molar-refractivity contribution in [2.45, 2.75) is 13.8 Å². The third-order valence-corrected chi connectivity index (χ3v) is 4.09. The molecule has 4 heterocycles. The predicted molar refractivity (Wildman–Crippen MR) is 98.3 cm³/mol. The fourth-order valence-electron chi connectivity index (χ4n) is 3.04. The normalized spacial score (nSPS) is 11.0. The van der Waals surface area contributed by atoms with Crippen molar-refractivity contribution >= 4 is 11.0 Å². The van der Waals surface area contributed by atoms with Gasteiger partial charge in [0, 0.05) is 47.2 Å². The van der Waals surface area contributed by atoms with Crippen molar-refractivity contribution in [2.75, 3.05) is 0 Å². The second kappa shape index (κ2) is 5.94. The standard InChI is InChI=1S/C20H16N4O/c1-12-9-15(10-13(2)23-12)16-11-17-18(25)5-8-22-20(17)24-19(16)14-3-6-21-7-4-14/h3-11H,1-2H3,(H,22,24,25). The van der Waals surface area contributed by atoms with Gasteiger partial charge in [-0.05, 0) is 49.7 Å². The molecule has 4 aromatic heterocycles. The summed E-state index contributed by atoms with van der Waals surface area (Å²) < 4.78 is 0. The van der Waals surface area contributed by atoms with Crippen LogP contribution in [0, 0.1) is 13.8 Å². The number of nitrogens with one attached hydrogen (secondary N) is 1. The summed E-state index contributed by atoms with van der Waals surface area (Å²) in [5.74, 6) is 0. The third kappa shape index (κ3) is 2.80. The molecule has 25 heavy (non-hydrogen) atoms. The number of nitrogens with zero attached hydrogens (tertiary/aromatic N) is 3. The number of aromatic amines is 1. The largest absolute Gasteiger partial charge is 0.346 e. The van der Waals surface area contributed by atoms with Crippen LogP contribution in [0.25, 0.3) is 33.4 Å². The number of aromatic nitrogens is 4. The van der Waals surface area contributed by atoms with Gasteiger partial charge < -0.3 is 4.98 Å². The van der Waals surface area contributed by atoms with Crippen molar-refractivity contribution < 1.29 is 0 Å². The third-order valence-electron chi connectivity index (χ3n) is 4.09. The van der Waals surface area contributed by atoms with Gasteiger partial charge in [-0.3, -0.25) is 14.8 Å². The van der Waals surface area contributed by atoms with Crippen molar-refractivity contribution in [3.05, 3.63) is 76.6 Å². The molecular formula is C20H16N4O. The van der Waals surface area contributed by atoms with Crippen LogP contribution in [0.5, 0.6) is 0 Å². The summed E-state index contributed by atoms with van der Waals surface area (Å²) >= 11 is 0. The van der Waals surface area contributed by atoms with E-state index in [9.17, 15) is 4.79 Å². The number of aryl methyl sites for hydroxylation is 2. The van der Waals surface area contributed by atoms with Gasteiger partial charge in [-0.1, -0.05) is 0 Å². The van der Waals surface area contributed by atoms with Gasteiger partial charge in [0.1, 0.15) is 5.65 Å². The molecule has 0 radical (unpaired) electrons. The second-order valence-electron chi connectivity index (χ2n) is 6.00. The van der Waals surface area contributed by atoms with Crippen molar-refractivity contribution in [2.24, 2.45) is 0 Å². The minimum absolute atomic E-state index is 0.0497. The molecule has 0 unspecified atom stereocenters. The highest BCUT2D eigenvalue weighted by Crippen LogP contribution is 2.32. The highest BCUT2D eigenvalue weighted by molar-refractivity contribution is 5.90. The van der Waals surface area contributed by atoms with Crippen molar-refractivity contribution in [1.82, 2.24) is 19.9 Å². The Morgan fingerprint density at radius 3 is 2.32 bits per heavy atom. The van der Waals surface area contributed by atoms with Gasteiger partial charge >= 0.3 is 0 Å². The van der Waals surface area contributed by atoms with Crippen molar-refractivity contribution in [3.63, 3.8) is 0 Å². The van der Waals surface area contributed by atoms with Gasteiger partial charge in [0.05, 0.1) is 11.1 Å². The molecule has 0 saturated carbocycles. The van der Waals surface area contributed by atoms with Gasteiger partial charge in [0.2, 0.25) is 0 Å². The maximum absolute atomic E-state index is 12.3. The van der Waals surface area contributed by atoms with E-state index in [1.807, 2.05) is 44.2 Å². The van der Waals surface area contributed by atoms with Gasteiger partial charge in [0.25, 0.3) is 0 Å². The molecule has 0 aliphatic carbocycles. The van der Waals surface area contributed by atoms with E-state index in [1.54, 1.807) is 18.6 Å². The number of H-pyrrole nitrogens is 1. The first-order chi connectivity index (χ1) is 12.1. The Bertz CT molecular complexity index is 1110. The molecule has 0 fully saturated rings. The minimum atomic E-state index is -0.0497. The average molecular weight is 328 g/mol. The fraction of sp³-hybridized carbons (Fsp3) is 0.100. The summed E-state index contributed by atoms with van der Waals surface area (Å²) in [6, 6.07) is 11.3. The van der Waals surface area contributed by atoms with E-state index in [0.29, 0.717) is 11.0 Å². The lowest BCUT2D eigenvalue weighted by molar-refractivity contribution is 1.12. The van der Waals surface area contributed by atoms with E-state index in [0.717, 1.165) is 33.8 Å². The molecule has 122 valence electrons. The Morgan fingerprint density at radius 2 is 1.60 bits per heavy atom. The maximum atomic E-state index is 12.3. The van der Waals surface area contributed by atoms with Crippen LogP contribution in [0.1, 0.15) is 11.4 Å². The van der Waals surface area contributed by atoms with E-state index < -0.39 is 0 Å². The van der Waals surface area contributed by atoms with Gasteiger partial charge in [0.15, 0.2) is 5.43 Å². The Hall–Kier alpha value is -3.34. The summed E-state index contributed by atoms with van der Waals surface area (Å²) in [4.78, 5) is 28.6. The monoisotopic (exact) mass is 328 g/mol. The Labute approximate surface area is 144 Å². The first kappa shape index (κ1) is 15.2. The molecule has 0 aromatic carbocycles. The molecular weight excluding hydrogens is 312 g/mol. The lowest BCUT2D eigenvalue weighted by Crippen LogP contribution is -2.03. The molecule has 4 rings (SSSR count). The molecule has 0 aliphatic heterocycles. The topological polar surface area (TPSA) is 71.5 Å². The van der Waals surface area contributed by atoms with Crippen LogP contribution >= 0.6 is 0 Å². The van der Waals surface area contributed by atoms with Gasteiger partial charge in [-0.15, -0.1) is 0 Å². The van der Waals surface area contributed by atoms with Crippen LogP contribution in [0.2, 0.25) is 0 Å². The minimum Gasteiger partial charge on any atom is -0.346 e. The Morgan fingerprint density at radius 1 is 0.880 bits per heavy atom. The number of hydrogen-bond acceptors (Lipinski definition) is 4. The Kier molecular flexibility index (Phi) is 3.61. The zero-order valence-corrected chi connectivity index (χ0v) is 13.9. The lowest BCUT2D eigenvalue weighted by Gasteiger charge is -2.12. The van der Waals surface area contributed by atoms with Gasteiger partial charge in [-0.25, -0.2) is 4.98 Å². The van der Waals surface area contributed by atoms with Crippen molar-refractivity contribution in [3.8, 4) is 22.4 Å².